The lowest BCUT2D eigenvalue weighted by Crippen LogP contribution is -2.42. The number of halogens is 1. The summed E-state index contributed by atoms with van der Waals surface area (Å²) in [4.78, 5) is 23.9. The monoisotopic (exact) mass is 327 g/mol. The first-order valence-electron chi connectivity index (χ1n) is 7.13. The number of nitro benzene ring substituents is 1. The Morgan fingerprint density at radius 1 is 1.50 bits per heavy atom. The van der Waals surface area contributed by atoms with Crippen LogP contribution < -0.4 is 5.32 Å². The average molecular weight is 328 g/mol. The predicted molar refractivity (Wildman–Crippen MR) is 83.3 cm³/mol. The van der Waals surface area contributed by atoms with Gasteiger partial charge in [-0.25, -0.2) is 4.79 Å². The smallest absolute Gasteiger partial charge is 0.409 e. The van der Waals surface area contributed by atoms with Crippen LogP contribution in [0.3, 0.4) is 0 Å². The molecule has 0 unspecified atom stereocenters. The second-order valence-corrected chi connectivity index (χ2v) is 5.46. The largest absolute Gasteiger partial charge is 0.450 e. The lowest BCUT2D eigenvalue weighted by molar-refractivity contribution is -0.384. The highest BCUT2D eigenvalue weighted by molar-refractivity contribution is 6.30. The first-order valence-corrected chi connectivity index (χ1v) is 7.51. The molecule has 2 rings (SSSR count). The van der Waals surface area contributed by atoms with Crippen LogP contribution >= 0.6 is 11.6 Å². The number of benzene rings is 1. The molecular formula is C14H18ClN3O4. The van der Waals surface area contributed by atoms with Crippen LogP contribution in [0.5, 0.6) is 0 Å². The van der Waals surface area contributed by atoms with Crippen LogP contribution in [0, 0.1) is 10.1 Å². The molecule has 0 bridgehead atoms. The predicted octanol–water partition coefficient (Wildman–Crippen LogP) is 3.28. The molecule has 0 atom stereocenters. The summed E-state index contributed by atoms with van der Waals surface area (Å²) in [5, 5.41) is 14.6. The third-order valence-corrected chi connectivity index (χ3v) is 3.77. The average Bonchev–Trinajstić information content (AvgIpc) is 2.50. The molecule has 0 saturated carbocycles. The van der Waals surface area contributed by atoms with Gasteiger partial charge in [0.15, 0.2) is 0 Å². The van der Waals surface area contributed by atoms with E-state index in [1.54, 1.807) is 24.0 Å². The number of nitrogens with one attached hydrogen (secondary N) is 1. The molecule has 1 aromatic rings. The summed E-state index contributed by atoms with van der Waals surface area (Å²) in [5.41, 5.74) is 0.407. The highest BCUT2D eigenvalue weighted by Crippen LogP contribution is 2.29. The number of ether oxygens (including phenoxy) is 1. The number of nitro groups is 1. The number of hydrogen-bond donors (Lipinski definition) is 1. The number of piperidine rings is 1. The highest BCUT2D eigenvalue weighted by Gasteiger charge is 2.25. The lowest BCUT2D eigenvalue weighted by Gasteiger charge is -2.32. The number of anilines is 1. The third-order valence-electron chi connectivity index (χ3n) is 3.54. The van der Waals surface area contributed by atoms with Crippen molar-refractivity contribution >= 4 is 29.1 Å². The summed E-state index contributed by atoms with van der Waals surface area (Å²) < 4.78 is 4.96. The molecule has 0 aliphatic carbocycles. The molecule has 0 spiro atoms. The molecular weight excluding hydrogens is 310 g/mol. The van der Waals surface area contributed by atoms with Crippen molar-refractivity contribution in [1.82, 2.24) is 4.90 Å². The Balaban J connectivity index is 1.96. The Morgan fingerprint density at radius 2 is 2.18 bits per heavy atom. The fourth-order valence-electron chi connectivity index (χ4n) is 2.42. The van der Waals surface area contributed by atoms with Crippen molar-refractivity contribution < 1.29 is 14.5 Å². The number of hydrogen-bond acceptors (Lipinski definition) is 5. The molecule has 1 aliphatic heterocycles. The summed E-state index contributed by atoms with van der Waals surface area (Å²) in [6.07, 6.45) is 1.11. The minimum Gasteiger partial charge on any atom is -0.450 e. The normalized spacial score (nSPS) is 15.5. The number of rotatable bonds is 4. The zero-order chi connectivity index (χ0) is 16.1. The number of nitrogens with zero attached hydrogens (tertiary/aromatic N) is 2. The Hall–Kier alpha value is -2.02. The van der Waals surface area contributed by atoms with E-state index in [2.05, 4.69) is 5.32 Å². The molecule has 7 nitrogen and oxygen atoms in total. The van der Waals surface area contributed by atoms with E-state index < -0.39 is 4.92 Å². The Kier molecular flexibility index (Phi) is 5.43. The minimum atomic E-state index is -0.456. The van der Waals surface area contributed by atoms with Gasteiger partial charge in [0.2, 0.25) is 0 Å². The Labute approximate surface area is 133 Å². The maximum atomic E-state index is 11.6. The topological polar surface area (TPSA) is 84.7 Å². The first-order chi connectivity index (χ1) is 10.5. The van der Waals surface area contributed by atoms with Crippen molar-refractivity contribution in [2.75, 3.05) is 25.0 Å². The molecule has 120 valence electrons. The van der Waals surface area contributed by atoms with Crippen molar-refractivity contribution in [3.63, 3.8) is 0 Å². The van der Waals surface area contributed by atoms with Gasteiger partial charge in [-0.1, -0.05) is 11.6 Å². The van der Waals surface area contributed by atoms with Crippen LogP contribution in [-0.4, -0.2) is 41.7 Å². The molecule has 0 radical (unpaired) electrons. The maximum absolute atomic E-state index is 11.6. The van der Waals surface area contributed by atoms with Gasteiger partial charge in [0.05, 0.1) is 11.5 Å². The summed E-state index contributed by atoms with van der Waals surface area (Å²) in [6.45, 7) is 3.26. The summed E-state index contributed by atoms with van der Waals surface area (Å²) >= 11 is 5.80. The van der Waals surface area contributed by atoms with Gasteiger partial charge in [-0.15, -0.1) is 0 Å². The molecule has 1 aliphatic rings. The summed E-state index contributed by atoms with van der Waals surface area (Å²) in [6, 6.07) is 4.63. The number of carbonyl (C=O) groups is 1. The molecule has 1 N–H and O–H groups in total. The van der Waals surface area contributed by atoms with E-state index in [1.165, 1.54) is 6.07 Å². The Bertz CT molecular complexity index is 559. The molecule has 1 fully saturated rings. The molecule has 1 aromatic carbocycles. The van der Waals surface area contributed by atoms with E-state index in [0.29, 0.717) is 43.2 Å². The Morgan fingerprint density at radius 3 is 2.77 bits per heavy atom. The molecule has 22 heavy (non-hydrogen) atoms. The number of likely N-dealkylation sites (tertiary alicyclic amines) is 1. The number of carbonyl (C=O) groups excluding carboxylic acids is 1. The maximum Gasteiger partial charge on any atom is 0.409 e. The summed E-state index contributed by atoms with van der Waals surface area (Å²) in [5.74, 6) is 0. The molecule has 0 aromatic heterocycles. The molecule has 8 heteroatoms. The number of amides is 1. The van der Waals surface area contributed by atoms with E-state index >= 15 is 0 Å². The minimum absolute atomic E-state index is 0.0414. The van der Waals surface area contributed by atoms with Crippen molar-refractivity contribution in [3.05, 3.63) is 33.3 Å². The fourth-order valence-corrected chi connectivity index (χ4v) is 2.59. The van der Waals surface area contributed by atoms with E-state index in [1.807, 2.05) is 0 Å². The van der Waals surface area contributed by atoms with Gasteiger partial charge in [-0.05, 0) is 31.9 Å². The molecule has 1 heterocycles. The van der Waals surface area contributed by atoms with Crippen molar-refractivity contribution in [3.8, 4) is 0 Å². The second kappa shape index (κ2) is 7.31. The standard InChI is InChI=1S/C14H18ClN3O4/c1-2-22-14(19)17-7-5-11(6-8-17)16-12-4-3-10(15)9-13(12)18(20)21/h3-4,9,11,16H,2,5-8H2,1H3. The van der Waals surface area contributed by atoms with E-state index in [0.717, 1.165) is 0 Å². The zero-order valence-corrected chi connectivity index (χ0v) is 13.0. The van der Waals surface area contributed by atoms with Gasteiger partial charge < -0.3 is 15.0 Å². The zero-order valence-electron chi connectivity index (χ0n) is 12.3. The van der Waals surface area contributed by atoms with Crippen LogP contribution in [0.15, 0.2) is 18.2 Å². The van der Waals surface area contributed by atoms with E-state index in [4.69, 9.17) is 16.3 Å². The van der Waals surface area contributed by atoms with Gasteiger partial charge >= 0.3 is 6.09 Å². The molecule has 1 amide bonds. The van der Waals surface area contributed by atoms with Gasteiger partial charge in [-0.3, -0.25) is 10.1 Å². The van der Waals surface area contributed by atoms with E-state index in [-0.39, 0.29) is 17.8 Å². The van der Waals surface area contributed by atoms with Crippen LogP contribution in [0.2, 0.25) is 5.02 Å². The fraction of sp³-hybridized carbons (Fsp3) is 0.500. The molecule has 1 saturated heterocycles. The summed E-state index contributed by atoms with van der Waals surface area (Å²) in [7, 11) is 0. The quantitative estimate of drug-likeness (QED) is 0.677. The van der Waals surface area contributed by atoms with Crippen LogP contribution in [0.4, 0.5) is 16.2 Å². The van der Waals surface area contributed by atoms with Gasteiger partial charge in [0.25, 0.3) is 5.69 Å². The highest BCUT2D eigenvalue weighted by atomic mass is 35.5. The van der Waals surface area contributed by atoms with Crippen molar-refractivity contribution in [2.24, 2.45) is 0 Å². The lowest BCUT2D eigenvalue weighted by atomic mass is 10.0. The van der Waals surface area contributed by atoms with Crippen LogP contribution in [0.25, 0.3) is 0 Å². The van der Waals surface area contributed by atoms with Gasteiger partial charge in [0.1, 0.15) is 5.69 Å². The van der Waals surface area contributed by atoms with Crippen molar-refractivity contribution in [1.29, 1.82) is 0 Å². The van der Waals surface area contributed by atoms with Crippen molar-refractivity contribution in [2.45, 2.75) is 25.8 Å². The first kappa shape index (κ1) is 16.4. The van der Waals surface area contributed by atoms with Gasteiger partial charge in [-0.2, -0.15) is 0 Å². The van der Waals surface area contributed by atoms with Gasteiger partial charge in [0, 0.05) is 30.2 Å². The van der Waals surface area contributed by atoms with Crippen LogP contribution in [0.1, 0.15) is 19.8 Å². The van der Waals surface area contributed by atoms with Crippen LogP contribution in [-0.2, 0) is 4.74 Å². The SMILES string of the molecule is CCOC(=O)N1CCC(Nc2ccc(Cl)cc2[N+](=O)[O-])CC1. The van der Waals surface area contributed by atoms with E-state index in [9.17, 15) is 14.9 Å². The second-order valence-electron chi connectivity index (χ2n) is 5.02. The third kappa shape index (κ3) is 4.00.